The van der Waals surface area contributed by atoms with Crippen molar-refractivity contribution < 1.29 is 13.2 Å². The van der Waals surface area contributed by atoms with Crippen LogP contribution in [0.15, 0.2) is 46.2 Å². The van der Waals surface area contributed by atoms with E-state index in [1.54, 1.807) is 29.1 Å². The maximum atomic E-state index is 13.2. The first-order valence-electron chi connectivity index (χ1n) is 6.32. The topological polar surface area (TPSA) is 70.7 Å². The first-order valence-corrected chi connectivity index (χ1v) is 6.32. The maximum Gasteiger partial charge on any atom is 0.416 e. The maximum absolute atomic E-state index is 13.2. The number of nitrogens with one attached hydrogen (secondary N) is 2. The molecule has 0 atom stereocenters. The predicted molar refractivity (Wildman–Crippen MR) is 73.7 cm³/mol. The number of halogens is 3. The number of alkyl halides is 3. The van der Waals surface area contributed by atoms with Crippen molar-refractivity contribution in [2.75, 3.05) is 0 Å². The lowest BCUT2D eigenvalue weighted by atomic mass is 10.0. The summed E-state index contributed by atoms with van der Waals surface area (Å²) < 4.78 is 41.2. The fraction of sp³-hybridized carbons (Fsp3) is 0.143. The number of H-pyrrole nitrogens is 2. The minimum atomic E-state index is -4.59. The lowest BCUT2D eigenvalue weighted by Crippen LogP contribution is -2.23. The van der Waals surface area contributed by atoms with Gasteiger partial charge >= 0.3 is 11.9 Å². The van der Waals surface area contributed by atoms with Gasteiger partial charge in [-0.2, -0.15) is 13.2 Å². The molecule has 0 bridgehead atoms. The molecular weight excluding hydrogens is 299 g/mol. The Morgan fingerprint density at radius 3 is 2.36 bits per heavy atom. The molecule has 3 aromatic rings. The lowest BCUT2D eigenvalue weighted by molar-refractivity contribution is -0.138. The van der Waals surface area contributed by atoms with Crippen LogP contribution in [0.25, 0.3) is 10.9 Å². The fourth-order valence-electron chi connectivity index (χ4n) is 2.33. The largest absolute Gasteiger partial charge is 0.416 e. The first kappa shape index (κ1) is 14.2. The molecule has 3 rings (SSSR count). The second-order valence-corrected chi connectivity index (χ2v) is 4.82. The highest BCUT2D eigenvalue weighted by Gasteiger charge is 2.34. The van der Waals surface area contributed by atoms with Gasteiger partial charge in [0.1, 0.15) is 0 Å². The Bertz CT molecular complexity index is 937. The number of aromatic nitrogens is 3. The Morgan fingerprint density at radius 1 is 1.05 bits per heavy atom. The van der Waals surface area contributed by atoms with Crippen molar-refractivity contribution >= 4 is 10.9 Å². The summed E-state index contributed by atoms with van der Waals surface area (Å²) in [5, 5.41) is 0.00903. The van der Waals surface area contributed by atoms with E-state index in [-0.39, 0.29) is 23.0 Å². The van der Waals surface area contributed by atoms with Gasteiger partial charge < -0.3 is 9.55 Å². The number of fused-ring (bicyclic) bond motifs is 1. The van der Waals surface area contributed by atoms with E-state index in [1.807, 2.05) is 4.98 Å². The Hall–Kier alpha value is -2.77. The molecule has 22 heavy (non-hydrogen) atoms. The van der Waals surface area contributed by atoms with Crippen molar-refractivity contribution in [2.24, 2.45) is 0 Å². The van der Waals surface area contributed by atoms with Crippen molar-refractivity contribution in [3.05, 3.63) is 68.6 Å². The molecule has 0 fully saturated rings. The summed E-state index contributed by atoms with van der Waals surface area (Å²) in [7, 11) is 0. The minimum absolute atomic E-state index is 0.00903. The number of rotatable bonds is 2. The minimum Gasteiger partial charge on any atom is -0.350 e. The van der Waals surface area contributed by atoms with E-state index in [1.165, 1.54) is 0 Å². The molecule has 2 heterocycles. The third-order valence-electron chi connectivity index (χ3n) is 3.29. The van der Waals surface area contributed by atoms with E-state index >= 15 is 0 Å². The Morgan fingerprint density at radius 2 is 1.73 bits per heavy atom. The summed E-state index contributed by atoms with van der Waals surface area (Å²) in [6.07, 6.45) is -1.33. The van der Waals surface area contributed by atoms with Crippen LogP contribution in [0.3, 0.4) is 0 Å². The molecule has 8 heteroatoms. The molecule has 0 spiro atoms. The number of hydrogen-bond donors (Lipinski definition) is 2. The van der Waals surface area contributed by atoms with Gasteiger partial charge in [0, 0.05) is 18.9 Å². The number of hydrogen-bond acceptors (Lipinski definition) is 2. The summed E-state index contributed by atoms with van der Waals surface area (Å²) in [6.45, 7) is -0.0314. The first-order chi connectivity index (χ1) is 10.3. The third kappa shape index (κ3) is 2.54. The second kappa shape index (κ2) is 4.90. The lowest BCUT2D eigenvalue weighted by Gasteiger charge is -2.14. The average Bonchev–Trinajstić information content (AvgIpc) is 2.90. The summed E-state index contributed by atoms with van der Waals surface area (Å²) in [5.74, 6) is 0. The highest BCUT2D eigenvalue weighted by molar-refractivity contribution is 5.79. The fourth-order valence-corrected chi connectivity index (χ4v) is 2.33. The molecule has 0 unspecified atom stereocenters. The van der Waals surface area contributed by atoms with Gasteiger partial charge in [-0.15, -0.1) is 0 Å². The highest BCUT2D eigenvalue weighted by Crippen LogP contribution is 2.34. The monoisotopic (exact) mass is 309 g/mol. The molecule has 0 aliphatic heterocycles. The molecule has 2 aromatic heterocycles. The summed E-state index contributed by atoms with van der Waals surface area (Å²) >= 11 is 0. The Labute approximate surface area is 121 Å². The standard InChI is InChI=1S/C14H10F3N3O2/c15-14(16,17)10-6-11-9(12(21)19-13(22)18-11)5-8(10)7-20-3-1-2-4-20/h1-6H,7H2,(H2,18,19,21,22). The Kier molecular flexibility index (Phi) is 3.16. The van der Waals surface area contributed by atoms with Crippen LogP contribution in [0.5, 0.6) is 0 Å². The number of benzene rings is 1. The van der Waals surface area contributed by atoms with Gasteiger partial charge in [0.2, 0.25) is 0 Å². The van der Waals surface area contributed by atoms with Gasteiger partial charge in [-0.05, 0) is 29.8 Å². The molecule has 0 radical (unpaired) electrons. The van der Waals surface area contributed by atoms with Crippen LogP contribution in [-0.2, 0) is 12.7 Å². The smallest absolute Gasteiger partial charge is 0.350 e. The summed E-state index contributed by atoms with van der Waals surface area (Å²) in [5.41, 5.74) is -2.63. The van der Waals surface area contributed by atoms with Crippen LogP contribution in [0.1, 0.15) is 11.1 Å². The van der Waals surface area contributed by atoms with Crippen LogP contribution in [-0.4, -0.2) is 14.5 Å². The average molecular weight is 309 g/mol. The van der Waals surface area contributed by atoms with E-state index < -0.39 is 23.0 Å². The number of nitrogens with zero attached hydrogens (tertiary/aromatic N) is 1. The van der Waals surface area contributed by atoms with Crippen LogP contribution >= 0.6 is 0 Å². The molecule has 0 saturated heterocycles. The van der Waals surface area contributed by atoms with Crippen molar-refractivity contribution in [3.8, 4) is 0 Å². The zero-order valence-corrected chi connectivity index (χ0v) is 11.1. The quantitative estimate of drug-likeness (QED) is 0.761. The normalized spacial score (nSPS) is 12.0. The molecule has 114 valence electrons. The second-order valence-electron chi connectivity index (χ2n) is 4.82. The predicted octanol–water partition coefficient (Wildman–Crippen LogP) is 2.08. The molecule has 1 aromatic carbocycles. The molecule has 0 aliphatic rings. The van der Waals surface area contributed by atoms with Crippen LogP contribution < -0.4 is 11.2 Å². The zero-order valence-electron chi connectivity index (χ0n) is 11.1. The van der Waals surface area contributed by atoms with Crippen molar-refractivity contribution in [2.45, 2.75) is 12.7 Å². The molecule has 0 saturated carbocycles. The van der Waals surface area contributed by atoms with Crippen molar-refractivity contribution in [3.63, 3.8) is 0 Å². The van der Waals surface area contributed by atoms with Crippen molar-refractivity contribution in [1.82, 2.24) is 14.5 Å². The zero-order chi connectivity index (χ0) is 15.9. The van der Waals surface area contributed by atoms with E-state index in [9.17, 15) is 22.8 Å². The van der Waals surface area contributed by atoms with E-state index in [0.717, 1.165) is 12.1 Å². The highest BCUT2D eigenvalue weighted by atomic mass is 19.4. The summed E-state index contributed by atoms with van der Waals surface area (Å²) in [6, 6.07) is 5.34. The van der Waals surface area contributed by atoms with Gasteiger partial charge in [0.25, 0.3) is 5.56 Å². The SMILES string of the molecule is O=c1[nH]c(=O)c2cc(Cn3cccc3)c(C(F)(F)F)cc2[nH]1. The van der Waals surface area contributed by atoms with E-state index in [0.29, 0.717) is 0 Å². The van der Waals surface area contributed by atoms with Gasteiger partial charge in [0.15, 0.2) is 0 Å². The van der Waals surface area contributed by atoms with Crippen LogP contribution in [0.2, 0.25) is 0 Å². The van der Waals surface area contributed by atoms with Crippen molar-refractivity contribution in [1.29, 1.82) is 0 Å². The third-order valence-corrected chi connectivity index (χ3v) is 3.29. The van der Waals surface area contributed by atoms with Crippen LogP contribution in [0, 0.1) is 0 Å². The van der Waals surface area contributed by atoms with Crippen LogP contribution in [0.4, 0.5) is 13.2 Å². The van der Waals surface area contributed by atoms with E-state index in [4.69, 9.17) is 0 Å². The van der Waals surface area contributed by atoms with Gasteiger partial charge in [0.05, 0.1) is 16.5 Å². The van der Waals surface area contributed by atoms with E-state index in [2.05, 4.69) is 4.98 Å². The number of aromatic amines is 2. The van der Waals surface area contributed by atoms with Gasteiger partial charge in [-0.3, -0.25) is 9.78 Å². The Balaban J connectivity index is 2.28. The van der Waals surface area contributed by atoms with Gasteiger partial charge in [-0.1, -0.05) is 0 Å². The molecular formula is C14H10F3N3O2. The molecule has 0 aliphatic carbocycles. The van der Waals surface area contributed by atoms with Gasteiger partial charge in [-0.25, -0.2) is 4.79 Å². The molecule has 0 amide bonds. The molecule has 2 N–H and O–H groups in total. The summed E-state index contributed by atoms with van der Waals surface area (Å²) in [4.78, 5) is 27.2. The molecule has 5 nitrogen and oxygen atoms in total.